The number of aryl methyl sites for hydroxylation is 1. The summed E-state index contributed by atoms with van der Waals surface area (Å²) in [5.41, 5.74) is 8.62. The third-order valence-electron chi connectivity index (χ3n) is 2.97. The highest BCUT2D eigenvalue weighted by atomic mass is 32.1. The molecule has 2 heterocycles. The lowest BCUT2D eigenvalue weighted by molar-refractivity contribution is 1.16. The van der Waals surface area contributed by atoms with E-state index >= 15 is 0 Å². The molecule has 102 valence electrons. The lowest BCUT2D eigenvalue weighted by Crippen LogP contribution is -2.04. The van der Waals surface area contributed by atoms with E-state index in [4.69, 9.17) is 5.73 Å². The van der Waals surface area contributed by atoms with Crippen molar-refractivity contribution in [2.75, 3.05) is 23.4 Å². The van der Waals surface area contributed by atoms with Gasteiger partial charge in [0.25, 0.3) is 0 Å². The van der Waals surface area contributed by atoms with Crippen LogP contribution in [0.5, 0.6) is 0 Å². The number of nitrogens with one attached hydrogen (secondary N) is 2. The Hall–Kier alpha value is -2.41. The second kappa shape index (κ2) is 4.93. The van der Waals surface area contributed by atoms with Gasteiger partial charge in [-0.2, -0.15) is 0 Å². The zero-order valence-corrected chi connectivity index (χ0v) is 12.0. The number of anilines is 4. The van der Waals surface area contributed by atoms with E-state index in [1.165, 1.54) is 6.33 Å². The summed E-state index contributed by atoms with van der Waals surface area (Å²) < 4.78 is 1.13. The minimum absolute atomic E-state index is 0.478. The topological polar surface area (TPSA) is 88.8 Å². The van der Waals surface area contributed by atoms with Crippen molar-refractivity contribution in [3.05, 3.63) is 30.1 Å². The Labute approximate surface area is 120 Å². The molecule has 0 spiro atoms. The summed E-state index contributed by atoms with van der Waals surface area (Å²) in [7, 11) is 1.77. The lowest BCUT2D eigenvalue weighted by atomic mass is 10.2. The highest BCUT2D eigenvalue weighted by Gasteiger charge is 2.10. The van der Waals surface area contributed by atoms with Crippen molar-refractivity contribution in [3.63, 3.8) is 0 Å². The molecule has 1 aromatic carbocycles. The Morgan fingerprint density at radius 1 is 1.20 bits per heavy atom. The molecule has 0 unspecified atom stereocenters. The SMILES string of the molecule is CNc1ncnc(Nc2nc3c(C)cccc3s2)c1N. The summed E-state index contributed by atoms with van der Waals surface area (Å²) in [6.45, 7) is 2.05. The van der Waals surface area contributed by atoms with Crippen LogP contribution in [0.25, 0.3) is 10.2 Å². The van der Waals surface area contributed by atoms with Gasteiger partial charge in [-0.3, -0.25) is 0 Å². The molecule has 0 saturated carbocycles. The zero-order chi connectivity index (χ0) is 14.1. The largest absolute Gasteiger partial charge is 0.393 e. The Morgan fingerprint density at radius 3 is 2.75 bits per heavy atom. The summed E-state index contributed by atoms with van der Waals surface area (Å²) in [5, 5.41) is 6.84. The number of nitrogens with two attached hydrogens (primary N) is 1. The van der Waals surface area contributed by atoms with Crippen LogP contribution in [0.3, 0.4) is 0 Å². The van der Waals surface area contributed by atoms with Crippen LogP contribution in [-0.2, 0) is 0 Å². The van der Waals surface area contributed by atoms with Crippen LogP contribution in [0.1, 0.15) is 5.56 Å². The van der Waals surface area contributed by atoms with Gasteiger partial charge in [0.2, 0.25) is 0 Å². The fourth-order valence-corrected chi connectivity index (χ4v) is 2.88. The minimum Gasteiger partial charge on any atom is -0.393 e. The highest BCUT2D eigenvalue weighted by Crippen LogP contribution is 2.31. The Morgan fingerprint density at radius 2 is 2.00 bits per heavy atom. The predicted octanol–water partition coefficient (Wildman–Crippen LogP) is 2.76. The van der Waals surface area contributed by atoms with E-state index in [1.54, 1.807) is 18.4 Å². The van der Waals surface area contributed by atoms with Crippen molar-refractivity contribution in [3.8, 4) is 0 Å². The van der Waals surface area contributed by atoms with Crippen LogP contribution in [0, 0.1) is 6.92 Å². The van der Waals surface area contributed by atoms with Crippen molar-refractivity contribution in [2.45, 2.75) is 6.92 Å². The molecule has 3 aromatic rings. The molecule has 2 aromatic heterocycles. The van der Waals surface area contributed by atoms with E-state index in [0.29, 0.717) is 17.3 Å². The molecule has 0 fully saturated rings. The highest BCUT2D eigenvalue weighted by molar-refractivity contribution is 7.22. The first-order valence-corrected chi connectivity index (χ1v) is 6.92. The monoisotopic (exact) mass is 286 g/mol. The summed E-state index contributed by atoms with van der Waals surface area (Å²) in [6.07, 6.45) is 1.46. The fraction of sp³-hybridized carbons (Fsp3) is 0.154. The van der Waals surface area contributed by atoms with Crippen molar-refractivity contribution in [1.29, 1.82) is 0 Å². The molecular weight excluding hydrogens is 272 g/mol. The van der Waals surface area contributed by atoms with Gasteiger partial charge in [-0.1, -0.05) is 23.5 Å². The van der Waals surface area contributed by atoms with Gasteiger partial charge >= 0.3 is 0 Å². The number of hydrogen-bond donors (Lipinski definition) is 3. The van der Waals surface area contributed by atoms with Crippen LogP contribution in [0.2, 0.25) is 0 Å². The van der Waals surface area contributed by atoms with Crippen molar-refractivity contribution >= 4 is 44.0 Å². The Bertz CT molecular complexity index is 767. The molecule has 7 heteroatoms. The van der Waals surface area contributed by atoms with Gasteiger partial charge < -0.3 is 16.4 Å². The average molecular weight is 286 g/mol. The van der Waals surface area contributed by atoms with Gasteiger partial charge in [0.1, 0.15) is 12.0 Å². The van der Waals surface area contributed by atoms with Crippen LogP contribution in [0.15, 0.2) is 24.5 Å². The summed E-state index contributed by atoms with van der Waals surface area (Å²) in [6, 6.07) is 6.12. The van der Waals surface area contributed by atoms with Gasteiger partial charge in [-0.15, -0.1) is 0 Å². The number of aromatic nitrogens is 3. The molecule has 3 rings (SSSR count). The first-order valence-electron chi connectivity index (χ1n) is 6.10. The molecule has 20 heavy (non-hydrogen) atoms. The van der Waals surface area contributed by atoms with E-state index in [9.17, 15) is 0 Å². The normalized spacial score (nSPS) is 10.7. The Balaban J connectivity index is 1.99. The minimum atomic E-state index is 0.478. The molecule has 0 aliphatic carbocycles. The summed E-state index contributed by atoms with van der Waals surface area (Å²) >= 11 is 1.57. The van der Waals surface area contributed by atoms with Crippen LogP contribution < -0.4 is 16.4 Å². The van der Waals surface area contributed by atoms with Crippen molar-refractivity contribution in [2.24, 2.45) is 0 Å². The van der Waals surface area contributed by atoms with E-state index in [0.717, 1.165) is 20.9 Å². The van der Waals surface area contributed by atoms with E-state index < -0.39 is 0 Å². The molecule has 0 bridgehead atoms. The molecule has 0 aliphatic heterocycles. The number of hydrogen-bond acceptors (Lipinski definition) is 7. The van der Waals surface area contributed by atoms with Crippen LogP contribution >= 0.6 is 11.3 Å². The molecule has 4 N–H and O–H groups in total. The van der Waals surface area contributed by atoms with E-state index in [1.807, 2.05) is 25.1 Å². The molecule has 0 amide bonds. The molecular formula is C13H14N6S. The number of nitrogen functional groups attached to an aromatic ring is 1. The first kappa shape index (κ1) is 12.6. The quantitative estimate of drug-likeness (QED) is 0.686. The molecule has 0 radical (unpaired) electrons. The van der Waals surface area contributed by atoms with E-state index in [-0.39, 0.29) is 0 Å². The number of para-hydroxylation sites is 1. The molecule has 0 saturated heterocycles. The second-order valence-electron chi connectivity index (χ2n) is 4.30. The predicted molar refractivity (Wildman–Crippen MR) is 83.6 cm³/mol. The molecule has 0 atom stereocenters. The van der Waals surface area contributed by atoms with Crippen molar-refractivity contribution < 1.29 is 0 Å². The molecule has 0 aliphatic rings. The molecule has 6 nitrogen and oxygen atoms in total. The zero-order valence-electron chi connectivity index (χ0n) is 11.1. The lowest BCUT2D eigenvalue weighted by Gasteiger charge is -2.08. The number of fused-ring (bicyclic) bond motifs is 1. The van der Waals surface area contributed by atoms with Gasteiger partial charge in [0.05, 0.1) is 10.2 Å². The maximum atomic E-state index is 5.99. The third-order valence-corrected chi connectivity index (χ3v) is 3.90. The van der Waals surface area contributed by atoms with Crippen LogP contribution in [0.4, 0.5) is 22.5 Å². The number of thiazole rings is 1. The standard InChI is InChI=1S/C13H14N6S/c1-7-4-3-5-8-10(7)18-13(20-8)19-12-9(14)11(15-2)16-6-17-12/h3-6H,14H2,1-2H3,(H2,15,16,17,18,19). The maximum absolute atomic E-state index is 5.99. The average Bonchev–Trinajstić information content (AvgIpc) is 2.85. The van der Waals surface area contributed by atoms with Crippen LogP contribution in [-0.4, -0.2) is 22.0 Å². The van der Waals surface area contributed by atoms with Gasteiger partial charge in [-0.25, -0.2) is 15.0 Å². The number of nitrogens with zero attached hydrogens (tertiary/aromatic N) is 3. The number of benzene rings is 1. The van der Waals surface area contributed by atoms with Crippen molar-refractivity contribution in [1.82, 2.24) is 15.0 Å². The maximum Gasteiger partial charge on any atom is 0.189 e. The van der Waals surface area contributed by atoms with E-state index in [2.05, 4.69) is 25.6 Å². The Kier molecular flexibility index (Phi) is 3.11. The van der Waals surface area contributed by atoms with Gasteiger partial charge in [-0.05, 0) is 18.6 Å². The summed E-state index contributed by atoms with van der Waals surface area (Å²) in [4.78, 5) is 12.8. The third kappa shape index (κ3) is 2.12. The number of rotatable bonds is 3. The fourth-order valence-electron chi connectivity index (χ4n) is 1.94. The second-order valence-corrected chi connectivity index (χ2v) is 5.33. The van der Waals surface area contributed by atoms with Gasteiger partial charge in [0, 0.05) is 7.05 Å². The summed E-state index contributed by atoms with van der Waals surface area (Å²) in [5.74, 6) is 1.15. The first-order chi connectivity index (χ1) is 9.69. The smallest absolute Gasteiger partial charge is 0.189 e. The van der Waals surface area contributed by atoms with Gasteiger partial charge in [0.15, 0.2) is 16.8 Å².